The van der Waals surface area contributed by atoms with E-state index in [0.29, 0.717) is 5.56 Å². The van der Waals surface area contributed by atoms with Gasteiger partial charge in [-0.25, -0.2) is 13.6 Å². The number of amides is 1. The number of rotatable bonds is 5. The van der Waals surface area contributed by atoms with Crippen LogP contribution in [0.4, 0.5) is 8.78 Å². The van der Waals surface area contributed by atoms with E-state index in [1.54, 1.807) is 12.1 Å². The largest absolute Gasteiger partial charge is 0.440 e. The van der Waals surface area contributed by atoms with Crippen LogP contribution in [0.1, 0.15) is 54.0 Å². The van der Waals surface area contributed by atoms with Crippen molar-refractivity contribution in [2.24, 2.45) is 0 Å². The molecule has 4 nitrogen and oxygen atoms in total. The van der Waals surface area contributed by atoms with Crippen molar-refractivity contribution in [3.8, 4) is 0 Å². The van der Waals surface area contributed by atoms with E-state index < -0.39 is 40.7 Å². The number of hydrogen-bond acceptors (Lipinski definition) is 3. The van der Waals surface area contributed by atoms with E-state index in [1.807, 2.05) is 12.1 Å². The van der Waals surface area contributed by atoms with E-state index in [2.05, 4.69) is 26.1 Å². The number of alkyl halides is 1. The SMILES string of the molecule is CC(NC(=O)c1c(F)cccc1F)C(Cl)OC(=O)c1ccc(C(C)(C)C)cc1. The molecule has 2 aromatic rings. The van der Waals surface area contributed by atoms with Gasteiger partial charge in [-0.15, -0.1) is 0 Å². The molecular formula is C21H22ClF2NO3. The summed E-state index contributed by atoms with van der Waals surface area (Å²) in [7, 11) is 0. The van der Waals surface area contributed by atoms with Gasteiger partial charge in [0.2, 0.25) is 0 Å². The van der Waals surface area contributed by atoms with Gasteiger partial charge in [0.25, 0.3) is 5.91 Å². The standard InChI is InChI=1S/C21H22ClF2NO3/c1-12(25-19(26)17-15(23)6-5-7-16(17)24)18(22)28-20(27)13-8-10-14(11-9-13)21(2,3)4/h5-12,18H,1-4H3,(H,25,26). The number of halogens is 3. The van der Waals surface area contributed by atoms with Crippen LogP contribution in [0.5, 0.6) is 0 Å². The first kappa shape index (κ1) is 21.8. The molecule has 0 aliphatic rings. The summed E-state index contributed by atoms with van der Waals surface area (Å²) >= 11 is 6.05. The molecule has 2 aromatic carbocycles. The molecule has 2 unspecified atom stereocenters. The maximum Gasteiger partial charge on any atom is 0.339 e. The van der Waals surface area contributed by atoms with Gasteiger partial charge < -0.3 is 10.1 Å². The summed E-state index contributed by atoms with van der Waals surface area (Å²) in [4.78, 5) is 24.3. The van der Waals surface area contributed by atoms with Gasteiger partial charge in [-0.05, 0) is 42.2 Å². The first-order chi connectivity index (χ1) is 13.0. The van der Waals surface area contributed by atoms with Crippen molar-refractivity contribution in [2.45, 2.75) is 44.7 Å². The third-order valence-electron chi connectivity index (χ3n) is 4.15. The van der Waals surface area contributed by atoms with Gasteiger partial charge >= 0.3 is 5.97 Å². The van der Waals surface area contributed by atoms with Gasteiger partial charge in [-0.3, -0.25) is 4.79 Å². The van der Waals surface area contributed by atoms with Crippen LogP contribution in [0.25, 0.3) is 0 Å². The zero-order valence-corrected chi connectivity index (χ0v) is 16.8. The first-order valence-corrected chi connectivity index (χ1v) is 9.15. The molecule has 0 bridgehead atoms. The van der Waals surface area contributed by atoms with Crippen LogP contribution in [-0.2, 0) is 10.2 Å². The van der Waals surface area contributed by atoms with Crippen molar-refractivity contribution in [1.29, 1.82) is 0 Å². The van der Waals surface area contributed by atoms with E-state index >= 15 is 0 Å². The number of carbonyl (C=O) groups is 2. The van der Waals surface area contributed by atoms with E-state index in [-0.39, 0.29) is 5.41 Å². The quantitative estimate of drug-likeness (QED) is 0.570. The number of esters is 1. The summed E-state index contributed by atoms with van der Waals surface area (Å²) in [6, 6.07) is 9.13. The minimum atomic E-state index is -1.23. The fourth-order valence-corrected chi connectivity index (χ4v) is 2.58. The molecule has 0 saturated heterocycles. The molecule has 28 heavy (non-hydrogen) atoms. The summed E-state index contributed by atoms with van der Waals surface area (Å²) in [6.45, 7) is 7.62. The fourth-order valence-electron chi connectivity index (χ4n) is 2.44. The van der Waals surface area contributed by atoms with Crippen LogP contribution in [0.2, 0.25) is 0 Å². The number of benzene rings is 2. The van der Waals surface area contributed by atoms with Crippen LogP contribution in [0.15, 0.2) is 42.5 Å². The lowest BCUT2D eigenvalue weighted by Gasteiger charge is -2.21. The predicted octanol–water partition coefficient (Wildman–Crippen LogP) is 4.80. The maximum absolute atomic E-state index is 13.7. The van der Waals surface area contributed by atoms with Crippen LogP contribution in [-0.4, -0.2) is 23.5 Å². The summed E-state index contributed by atoms with van der Waals surface area (Å²) in [5.74, 6) is -3.64. The second-order valence-electron chi connectivity index (χ2n) is 7.44. The van der Waals surface area contributed by atoms with E-state index in [9.17, 15) is 18.4 Å². The Bertz CT molecular complexity index is 843. The molecule has 0 spiro atoms. The lowest BCUT2D eigenvalue weighted by Crippen LogP contribution is -2.41. The van der Waals surface area contributed by atoms with Gasteiger partial charge in [-0.2, -0.15) is 0 Å². The molecule has 0 heterocycles. The highest BCUT2D eigenvalue weighted by Crippen LogP contribution is 2.22. The van der Waals surface area contributed by atoms with Crippen molar-refractivity contribution >= 4 is 23.5 Å². The molecular weight excluding hydrogens is 388 g/mol. The molecule has 2 atom stereocenters. The third-order valence-corrected chi connectivity index (χ3v) is 4.61. The molecule has 0 aromatic heterocycles. The smallest absolute Gasteiger partial charge is 0.339 e. The zero-order chi connectivity index (χ0) is 21.1. The molecule has 0 saturated carbocycles. The molecule has 0 radical (unpaired) electrons. The highest BCUT2D eigenvalue weighted by atomic mass is 35.5. The van der Waals surface area contributed by atoms with Gasteiger partial charge in [-0.1, -0.05) is 50.6 Å². The van der Waals surface area contributed by atoms with Crippen LogP contribution < -0.4 is 5.32 Å². The van der Waals surface area contributed by atoms with Crippen molar-refractivity contribution in [3.63, 3.8) is 0 Å². The average molecular weight is 410 g/mol. The molecule has 0 aliphatic heterocycles. The Morgan fingerprint density at radius 2 is 1.57 bits per heavy atom. The Kier molecular flexibility index (Phi) is 6.77. The normalized spacial score (nSPS) is 13.5. The molecule has 0 aliphatic carbocycles. The summed E-state index contributed by atoms with van der Waals surface area (Å²) < 4.78 is 32.5. The highest BCUT2D eigenvalue weighted by molar-refractivity contribution is 6.21. The summed E-state index contributed by atoms with van der Waals surface area (Å²) in [6.07, 6.45) is 0. The predicted molar refractivity (Wildman–Crippen MR) is 103 cm³/mol. The van der Waals surface area contributed by atoms with E-state index in [0.717, 1.165) is 23.8 Å². The topological polar surface area (TPSA) is 55.4 Å². The molecule has 150 valence electrons. The molecule has 1 N–H and O–H groups in total. The second-order valence-corrected chi connectivity index (χ2v) is 7.87. The second kappa shape index (κ2) is 8.69. The third kappa shape index (κ3) is 5.29. The average Bonchev–Trinajstić information content (AvgIpc) is 2.60. The van der Waals surface area contributed by atoms with Gasteiger partial charge in [0.15, 0.2) is 5.56 Å². The molecule has 0 fully saturated rings. The Labute approximate surface area is 167 Å². The number of ether oxygens (including phenoxy) is 1. The first-order valence-electron chi connectivity index (χ1n) is 8.71. The minimum absolute atomic E-state index is 0.0573. The maximum atomic E-state index is 13.7. The van der Waals surface area contributed by atoms with Crippen molar-refractivity contribution in [1.82, 2.24) is 5.32 Å². The highest BCUT2D eigenvalue weighted by Gasteiger charge is 2.25. The Morgan fingerprint density at radius 1 is 1.04 bits per heavy atom. The van der Waals surface area contributed by atoms with Gasteiger partial charge in [0.05, 0.1) is 11.6 Å². The number of hydrogen-bond donors (Lipinski definition) is 1. The summed E-state index contributed by atoms with van der Waals surface area (Å²) in [5.41, 5.74) is -0.648. The lowest BCUT2D eigenvalue weighted by molar-refractivity contribution is 0.0391. The Balaban J connectivity index is 2.00. The van der Waals surface area contributed by atoms with Gasteiger partial charge in [0, 0.05) is 0 Å². The Hall–Kier alpha value is -2.47. The zero-order valence-electron chi connectivity index (χ0n) is 16.1. The van der Waals surface area contributed by atoms with Crippen molar-refractivity contribution in [2.75, 3.05) is 0 Å². The van der Waals surface area contributed by atoms with E-state index in [1.165, 1.54) is 6.92 Å². The van der Waals surface area contributed by atoms with Gasteiger partial charge in [0.1, 0.15) is 17.2 Å². The fraction of sp³-hybridized carbons (Fsp3) is 0.333. The Morgan fingerprint density at radius 3 is 2.07 bits per heavy atom. The monoisotopic (exact) mass is 409 g/mol. The summed E-state index contributed by atoms with van der Waals surface area (Å²) in [5, 5.41) is 2.34. The van der Waals surface area contributed by atoms with Crippen LogP contribution in [0, 0.1) is 11.6 Å². The minimum Gasteiger partial charge on any atom is -0.440 e. The molecule has 2 rings (SSSR count). The number of carbonyl (C=O) groups excluding carboxylic acids is 2. The van der Waals surface area contributed by atoms with E-state index in [4.69, 9.17) is 16.3 Å². The molecule has 1 amide bonds. The number of nitrogens with one attached hydrogen (secondary N) is 1. The van der Waals surface area contributed by atoms with Crippen LogP contribution >= 0.6 is 11.6 Å². The van der Waals surface area contributed by atoms with Crippen LogP contribution in [0.3, 0.4) is 0 Å². The lowest BCUT2D eigenvalue weighted by atomic mass is 9.87. The molecule has 7 heteroatoms. The van der Waals surface area contributed by atoms with Crippen molar-refractivity contribution in [3.05, 3.63) is 70.8 Å². The van der Waals surface area contributed by atoms with Crippen molar-refractivity contribution < 1.29 is 23.1 Å².